The molecule has 0 aliphatic heterocycles. The Morgan fingerprint density at radius 1 is 1.07 bits per heavy atom. The summed E-state index contributed by atoms with van der Waals surface area (Å²) in [5.41, 5.74) is 0.831. The van der Waals surface area contributed by atoms with Crippen LogP contribution < -0.4 is 10.1 Å². The minimum absolute atomic E-state index is 0.0505. The van der Waals surface area contributed by atoms with Crippen LogP contribution in [0, 0.1) is 0 Å². The number of nitrogens with one attached hydrogen (secondary N) is 1. The van der Waals surface area contributed by atoms with Gasteiger partial charge in [-0.25, -0.2) is 27.3 Å². The molecule has 3 heterocycles. The summed E-state index contributed by atoms with van der Waals surface area (Å²) in [7, 11) is -2.48. The lowest BCUT2D eigenvalue weighted by atomic mass is 10.3. The Hall–Kier alpha value is -3.53. The van der Waals surface area contributed by atoms with Crippen LogP contribution in [0.15, 0.2) is 66.3 Å². The molecule has 0 amide bonds. The second-order valence-electron chi connectivity index (χ2n) is 5.49. The van der Waals surface area contributed by atoms with Crippen LogP contribution in [0.3, 0.4) is 0 Å². The zero-order valence-electron chi connectivity index (χ0n) is 14.1. The van der Waals surface area contributed by atoms with E-state index in [1.807, 2.05) is 0 Å². The summed E-state index contributed by atoms with van der Waals surface area (Å²) >= 11 is 0. The molecule has 4 rings (SSSR count). The molecule has 0 spiro atoms. The number of hydrogen-bond donors (Lipinski definition) is 1. The molecule has 0 aliphatic carbocycles. The predicted molar refractivity (Wildman–Crippen MR) is 98.4 cm³/mol. The first-order chi connectivity index (χ1) is 13.1. The molecule has 10 heteroatoms. The first kappa shape index (κ1) is 16.9. The number of anilines is 2. The molecule has 0 unspecified atom stereocenters. The van der Waals surface area contributed by atoms with Crippen molar-refractivity contribution in [3.8, 4) is 5.75 Å². The molecule has 136 valence electrons. The summed E-state index contributed by atoms with van der Waals surface area (Å²) in [4.78, 5) is 16.4. The molecule has 0 aliphatic rings. The molecule has 0 saturated heterocycles. The monoisotopic (exact) mass is 382 g/mol. The van der Waals surface area contributed by atoms with Gasteiger partial charge >= 0.3 is 0 Å². The summed E-state index contributed by atoms with van der Waals surface area (Å²) in [6.45, 7) is 0. The second kappa shape index (κ2) is 6.65. The van der Waals surface area contributed by atoms with Crippen molar-refractivity contribution in [3.05, 3.63) is 61.4 Å². The van der Waals surface area contributed by atoms with Gasteiger partial charge in [0, 0.05) is 17.8 Å². The number of methoxy groups -OCH3 is 1. The summed E-state index contributed by atoms with van der Waals surface area (Å²) < 4.78 is 32.6. The number of benzene rings is 1. The molecule has 0 fully saturated rings. The highest BCUT2D eigenvalue weighted by atomic mass is 32.2. The lowest BCUT2D eigenvalue weighted by Gasteiger charge is -2.11. The van der Waals surface area contributed by atoms with Crippen LogP contribution in [0.2, 0.25) is 0 Å². The van der Waals surface area contributed by atoms with E-state index in [9.17, 15) is 8.42 Å². The SMILES string of the molecule is COc1ccccc1S(=O)(=O)n1ccc2cnc(Nc3cncnc3)nc21. The van der Waals surface area contributed by atoms with Crippen LogP contribution in [0.25, 0.3) is 11.0 Å². The molecule has 1 aromatic carbocycles. The van der Waals surface area contributed by atoms with Gasteiger partial charge in [-0.05, 0) is 18.2 Å². The topological polar surface area (TPSA) is 112 Å². The van der Waals surface area contributed by atoms with Gasteiger partial charge in [-0.1, -0.05) is 12.1 Å². The highest BCUT2D eigenvalue weighted by Crippen LogP contribution is 2.28. The average molecular weight is 382 g/mol. The quantitative estimate of drug-likeness (QED) is 0.559. The second-order valence-corrected chi connectivity index (χ2v) is 7.28. The van der Waals surface area contributed by atoms with E-state index in [0.717, 1.165) is 3.97 Å². The van der Waals surface area contributed by atoms with Crippen molar-refractivity contribution in [2.24, 2.45) is 0 Å². The Morgan fingerprint density at radius 3 is 2.63 bits per heavy atom. The van der Waals surface area contributed by atoms with Gasteiger partial charge in [-0.15, -0.1) is 0 Å². The first-order valence-electron chi connectivity index (χ1n) is 7.84. The van der Waals surface area contributed by atoms with Crippen LogP contribution in [0.1, 0.15) is 0 Å². The number of hydrogen-bond acceptors (Lipinski definition) is 8. The van der Waals surface area contributed by atoms with E-state index in [0.29, 0.717) is 11.1 Å². The van der Waals surface area contributed by atoms with Crippen molar-refractivity contribution in [1.82, 2.24) is 23.9 Å². The molecule has 3 aromatic heterocycles. The van der Waals surface area contributed by atoms with E-state index < -0.39 is 10.0 Å². The van der Waals surface area contributed by atoms with Gasteiger partial charge in [0.25, 0.3) is 10.0 Å². The van der Waals surface area contributed by atoms with Crippen LogP contribution in [0.5, 0.6) is 5.75 Å². The maximum atomic E-state index is 13.1. The number of aromatic nitrogens is 5. The van der Waals surface area contributed by atoms with Crippen LogP contribution in [0.4, 0.5) is 11.6 Å². The minimum atomic E-state index is -3.91. The Balaban J connectivity index is 1.81. The fourth-order valence-electron chi connectivity index (χ4n) is 2.58. The molecular weight excluding hydrogens is 368 g/mol. The molecule has 27 heavy (non-hydrogen) atoms. The largest absolute Gasteiger partial charge is 0.495 e. The Bertz CT molecular complexity index is 1210. The number of rotatable bonds is 5. The maximum absolute atomic E-state index is 13.1. The predicted octanol–water partition coefficient (Wildman–Crippen LogP) is 2.21. The third-order valence-corrected chi connectivity index (χ3v) is 5.52. The summed E-state index contributed by atoms with van der Waals surface area (Å²) in [6, 6.07) is 8.06. The molecular formula is C17H14N6O3S. The minimum Gasteiger partial charge on any atom is -0.495 e. The van der Waals surface area contributed by atoms with E-state index in [4.69, 9.17) is 4.74 Å². The average Bonchev–Trinajstić information content (AvgIpc) is 3.13. The van der Waals surface area contributed by atoms with Crippen LogP contribution in [-0.2, 0) is 10.0 Å². The molecule has 0 radical (unpaired) electrons. The highest BCUT2D eigenvalue weighted by Gasteiger charge is 2.23. The van der Waals surface area contributed by atoms with Gasteiger partial charge in [0.2, 0.25) is 5.95 Å². The van der Waals surface area contributed by atoms with E-state index >= 15 is 0 Å². The molecule has 0 atom stereocenters. The van der Waals surface area contributed by atoms with Crippen LogP contribution >= 0.6 is 0 Å². The zero-order chi connectivity index (χ0) is 18.9. The van der Waals surface area contributed by atoms with Crippen molar-refractivity contribution in [2.45, 2.75) is 4.90 Å². The van der Waals surface area contributed by atoms with Crippen molar-refractivity contribution >= 4 is 32.7 Å². The van der Waals surface area contributed by atoms with Crippen molar-refractivity contribution in [3.63, 3.8) is 0 Å². The molecule has 0 bridgehead atoms. The lowest BCUT2D eigenvalue weighted by Crippen LogP contribution is -2.14. The van der Waals surface area contributed by atoms with E-state index in [-0.39, 0.29) is 22.2 Å². The van der Waals surface area contributed by atoms with Gasteiger partial charge in [0.05, 0.1) is 25.2 Å². The zero-order valence-corrected chi connectivity index (χ0v) is 15.0. The summed E-state index contributed by atoms with van der Waals surface area (Å²) in [5, 5.41) is 3.53. The Morgan fingerprint density at radius 2 is 1.85 bits per heavy atom. The summed E-state index contributed by atoms with van der Waals surface area (Å²) in [6.07, 6.45) is 7.51. The fourth-order valence-corrected chi connectivity index (χ4v) is 4.04. The molecule has 9 nitrogen and oxygen atoms in total. The van der Waals surface area contributed by atoms with Crippen LogP contribution in [-0.4, -0.2) is 39.4 Å². The van der Waals surface area contributed by atoms with Gasteiger partial charge in [0.15, 0.2) is 5.65 Å². The number of nitrogens with zero attached hydrogens (tertiary/aromatic N) is 5. The lowest BCUT2D eigenvalue weighted by molar-refractivity contribution is 0.402. The third-order valence-electron chi connectivity index (χ3n) is 3.82. The number of para-hydroxylation sites is 1. The Kier molecular flexibility index (Phi) is 4.16. The highest BCUT2D eigenvalue weighted by molar-refractivity contribution is 7.90. The van der Waals surface area contributed by atoms with Gasteiger partial charge < -0.3 is 10.1 Å². The van der Waals surface area contributed by atoms with Crippen molar-refractivity contribution in [1.29, 1.82) is 0 Å². The molecule has 0 saturated carbocycles. The maximum Gasteiger partial charge on any atom is 0.273 e. The Labute approximate surface area is 154 Å². The normalized spacial score (nSPS) is 11.4. The summed E-state index contributed by atoms with van der Waals surface area (Å²) in [5.74, 6) is 0.487. The third kappa shape index (κ3) is 3.06. The number of ether oxygens (including phenoxy) is 1. The van der Waals surface area contributed by atoms with E-state index in [1.165, 1.54) is 25.7 Å². The first-order valence-corrected chi connectivity index (χ1v) is 9.28. The van der Waals surface area contributed by atoms with Crippen molar-refractivity contribution in [2.75, 3.05) is 12.4 Å². The van der Waals surface area contributed by atoms with Gasteiger partial charge in [-0.2, -0.15) is 4.98 Å². The van der Waals surface area contributed by atoms with E-state index in [2.05, 4.69) is 25.3 Å². The van der Waals surface area contributed by atoms with Crippen molar-refractivity contribution < 1.29 is 13.2 Å². The van der Waals surface area contributed by atoms with Gasteiger partial charge in [-0.3, -0.25) is 0 Å². The molecule has 1 N–H and O–H groups in total. The number of fused-ring (bicyclic) bond motifs is 1. The van der Waals surface area contributed by atoms with Gasteiger partial charge in [0.1, 0.15) is 17.0 Å². The fraction of sp³-hybridized carbons (Fsp3) is 0.0588. The molecule has 4 aromatic rings. The van der Waals surface area contributed by atoms with E-state index in [1.54, 1.807) is 42.9 Å². The smallest absolute Gasteiger partial charge is 0.273 e. The standard InChI is InChI=1S/C17H14N6O3S/c1-26-14-4-2-3-5-15(14)27(24,25)23-7-6-12-8-20-17(22-16(12)23)21-13-9-18-11-19-10-13/h2-11H,1H3,(H,20,21,22).